The summed E-state index contributed by atoms with van der Waals surface area (Å²) in [7, 11) is 3.98. The topological polar surface area (TPSA) is 65.5 Å². The average molecular weight is 400 g/mol. The van der Waals surface area contributed by atoms with E-state index >= 15 is 0 Å². The van der Waals surface area contributed by atoms with Crippen molar-refractivity contribution in [1.82, 2.24) is 10.3 Å². The van der Waals surface area contributed by atoms with Crippen LogP contribution in [0.3, 0.4) is 0 Å². The summed E-state index contributed by atoms with van der Waals surface area (Å²) in [4.78, 5) is 33.9. The van der Waals surface area contributed by atoms with Gasteiger partial charge in [0.2, 0.25) is 5.91 Å². The summed E-state index contributed by atoms with van der Waals surface area (Å²) in [5, 5.41) is 2.97. The van der Waals surface area contributed by atoms with E-state index in [0.29, 0.717) is 17.8 Å². The van der Waals surface area contributed by atoms with E-state index in [4.69, 9.17) is 0 Å². The van der Waals surface area contributed by atoms with Gasteiger partial charge in [0, 0.05) is 38.2 Å². The molecule has 1 atom stereocenters. The van der Waals surface area contributed by atoms with E-state index in [2.05, 4.69) is 10.3 Å². The quantitative estimate of drug-likeness (QED) is 0.687. The summed E-state index contributed by atoms with van der Waals surface area (Å²) < 4.78 is 0. The first-order valence-electron chi connectivity index (χ1n) is 9.91. The molecule has 3 aromatic rings. The van der Waals surface area contributed by atoms with E-state index in [1.54, 1.807) is 23.2 Å². The molecule has 1 aromatic heterocycles. The van der Waals surface area contributed by atoms with E-state index in [1.165, 1.54) is 0 Å². The van der Waals surface area contributed by atoms with Crippen LogP contribution in [0.5, 0.6) is 0 Å². The number of benzene rings is 2. The first kappa shape index (κ1) is 19.6. The summed E-state index contributed by atoms with van der Waals surface area (Å²) in [5.41, 5.74) is 4.10. The zero-order valence-corrected chi connectivity index (χ0v) is 17.1. The Morgan fingerprint density at radius 1 is 1.03 bits per heavy atom. The highest BCUT2D eigenvalue weighted by Crippen LogP contribution is 2.38. The Balaban J connectivity index is 1.49. The largest absolute Gasteiger partial charge is 0.378 e. The molecule has 1 aliphatic rings. The molecule has 1 aliphatic heterocycles. The number of nitrogens with zero attached hydrogens (tertiary/aromatic N) is 3. The number of amides is 2. The lowest BCUT2D eigenvalue weighted by molar-refractivity contribution is -0.121. The summed E-state index contributed by atoms with van der Waals surface area (Å²) in [6.07, 6.45) is 1.82. The average Bonchev–Trinajstić information content (AvgIpc) is 3.05. The van der Waals surface area contributed by atoms with E-state index in [1.807, 2.05) is 73.6 Å². The molecule has 4 rings (SSSR count). The summed E-state index contributed by atoms with van der Waals surface area (Å²) >= 11 is 0. The van der Waals surface area contributed by atoms with Gasteiger partial charge in [-0.25, -0.2) is 0 Å². The number of anilines is 2. The first-order chi connectivity index (χ1) is 14.5. The van der Waals surface area contributed by atoms with E-state index in [-0.39, 0.29) is 18.2 Å². The molecule has 0 saturated carbocycles. The molecule has 0 spiro atoms. The Morgan fingerprint density at radius 3 is 2.47 bits per heavy atom. The molecule has 1 N–H and O–H groups in total. The lowest BCUT2D eigenvalue weighted by Gasteiger charge is -2.24. The van der Waals surface area contributed by atoms with Gasteiger partial charge in [-0.2, -0.15) is 0 Å². The van der Waals surface area contributed by atoms with Gasteiger partial charge < -0.3 is 10.2 Å². The van der Waals surface area contributed by atoms with Gasteiger partial charge in [0.25, 0.3) is 5.91 Å². The SMILES string of the molecule is CN(C)c1ccc(CNC(=O)C[C@@H]2c3ncccc3C(=O)N2c2ccccc2)cc1. The third kappa shape index (κ3) is 3.89. The summed E-state index contributed by atoms with van der Waals surface area (Å²) in [5.74, 6) is -0.245. The van der Waals surface area contributed by atoms with Crippen LogP contribution >= 0.6 is 0 Å². The highest BCUT2D eigenvalue weighted by Gasteiger charge is 2.39. The zero-order valence-electron chi connectivity index (χ0n) is 17.1. The van der Waals surface area contributed by atoms with Crippen molar-refractivity contribution in [3.05, 3.63) is 89.7 Å². The van der Waals surface area contributed by atoms with Gasteiger partial charge >= 0.3 is 0 Å². The van der Waals surface area contributed by atoms with Gasteiger partial charge in [-0.05, 0) is 42.0 Å². The maximum absolute atomic E-state index is 13.0. The fourth-order valence-electron chi connectivity index (χ4n) is 3.69. The summed E-state index contributed by atoms with van der Waals surface area (Å²) in [6, 6.07) is 20.6. The molecule has 6 nitrogen and oxygen atoms in total. The monoisotopic (exact) mass is 400 g/mol. The molecule has 6 heteroatoms. The van der Waals surface area contributed by atoms with Crippen LogP contribution < -0.4 is 15.1 Å². The number of para-hydroxylation sites is 1. The fourth-order valence-corrected chi connectivity index (χ4v) is 3.69. The van der Waals surface area contributed by atoms with Crippen LogP contribution in [0.1, 0.15) is 34.1 Å². The van der Waals surface area contributed by atoms with E-state index < -0.39 is 6.04 Å². The smallest absolute Gasteiger partial charge is 0.260 e. The molecule has 30 heavy (non-hydrogen) atoms. The van der Waals surface area contributed by atoms with Crippen LogP contribution in [0.15, 0.2) is 72.9 Å². The number of rotatable bonds is 6. The van der Waals surface area contributed by atoms with Crippen LogP contribution in [0, 0.1) is 0 Å². The normalized spacial score (nSPS) is 15.1. The van der Waals surface area contributed by atoms with Crippen LogP contribution in [0.4, 0.5) is 11.4 Å². The molecular weight excluding hydrogens is 376 g/mol. The highest BCUT2D eigenvalue weighted by atomic mass is 16.2. The second-order valence-corrected chi connectivity index (χ2v) is 7.50. The van der Waals surface area contributed by atoms with E-state index in [9.17, 15) is 9.59 Å². The van der Waals surface area contributed by atoms with Crippen molar-refractivity contribution in [2.24, 2.45) is 0 Å². The third-order valence-corrected chi connectivity index (χ3v) is 5.27. The summed E-state index contributed by atoms with van der Waals surface area (Å²) in [6.45, 7) is 0.438. The number of fused-ring (bicyclic) bond motifs is 1. The Hall–Kier alpha value is -3.67. The van der Waals surface area contributed by atoms with Gasteiger partial charge in [-0.3, -0.25) is 19.5 Å². The molecule has 0 bridgehead atoms. The van der Waals surface area contributed by atoms with Gasteiger partial charge in [0.05, 0.1) is 23.7 Å². The Kier molecular flexibility index (Phi) is 5.48. The molecular formula is C24H24N4O2. The van der Waals surface area contributed by atoms with Crippen molar-refractivity contribution in [2.45, 2.75) is 19.0 Å². The second-order valence-electron chi connectivity index (χ2n) is 7.50. The van der Waals surface area contributed by atoms with Crippen molar-refractivity contribution in [1.29, 1.82) is 0 Å². The predicted molar refractivity (Wildman–Crippen MR) is 117 cm³/mol. The minimum absolute atomic E-state index is 0.121. The third-order valence-electron chi connectivity index (χ3n) is 5.27. The minimum Gasteiger partial charge on any atom is -0.378 e. The number of aromatic nitrogens is 1. The lowest BCUT2D eigenvalue weighted by atomic mass is 10.1. The number of pyridine rings is 1. The Morgan fingerprint density at radius 2 is 1.77 bits per heavy atom. The second kappa shape index (κ2) is 8.37. The number of nitrogens with one attached hydrogen (secondary N) is 1. The predicted octanol–water partition coefficient (Wildman–Crippen LogP) is 3.56. The fraction of sp³-hybridized carbons (Fsp3) is 0.208. The molecule has 2 heterocycles. The van der Waals surface area contributed by atoms with Gasteiger partial charge in [-0.1, -0.05) is 30.3 Å². The maximum atomic E-state index is 13.0. The van der Waals surface area contributed by atoms with Crippen molar-refractivity contribution in [3.8, 4) is 0 Å². The first-order valence-corrected chi connectivity index (χ1v) is 9.91. The van der Waals surface area contributed by atoms with Crippen LogP contribution in [0.25, 0.3) is 0 Å². The van der Waals surface area contributed by atoms with E-state index in [0.717, 1.165) is 16.9 Å². The number of hydrogen-bond donors (Lipinski definition) is 1. The van der Waals surface area contributed by atoms with Crippen molar-refractivity contribution in [3.63, 3.8) is 0 Å². The van der Waals surface area contributed by atoms with Crippen LogP contribution in [0.2, 0.25) is 0 Å². The van der Waals surface area contributed by atoms with Gasteiger partial charge in [0.15, 0.2) is 0 Å². The maximum Gasteiger partial charge on any atom is 0.260 e. The van der Waals surface area contributed by atoms with Crippen molar-refractivity contribution in [2.75, 3.05) is 23.9 Å². The van der Waals surface area contributed by atoms with Crippen LogP contribution in [-0.2, 0) is 11.3 Å². The lowest BCUT2D eigenvalue weighted by Crippen LogP contribution is -2.32. The minimum atomic E-state index is -0.424. The molecule has 0 unspecified atom stereocenters. The molecule has 0 saturated heterocycles. The number of carbonyl (C=O) groups excluding carboxylic acids is 2. The number of carbonyl (C=O) groups is 2. The number of hydrogen-bond acceptors (Lipinski definition) is 4. The Labute approximate surface area is 176 Å². The van der Waals surface area contributed by atoms with Crippen molar-refractivity contribution < 1.29 is 9.59 Å². The highest BCUT2D eigenvalue weighted by molar-refractivity contribution is 6.11. The molecule has 0 aliphatic carbocycles. The van der Waals surface area contributed by atoms with Crippen molar-refractivity contribution >= 4 is 23.2 Å². The Bertz CT molecular complexity index is 1050. The molecule has 2 aromatic carbocycles. The zero-order chi connectivity index (χ0) is 21.1. The molecule has 2 amide bonds. The molecule has 0 fully saturated rings. The standard InChI is InChI=1S/C24H24N4O2/c1-27(2)18-12-10-17(11-13-18)16-26-22(29)15-21-23-20(9-6-14-25-23)24(30)28(21)19-7-4-3-5-8-19/h3-14,21H,15-16H2,1-2H3,(H,26,29)/t21-/m1/s1. The molecule has 0 radical (unpaired) electrons. The van der Waals surface area contributed by atoms with Crippen LogP contribution in [-0.4, -0.2) is 30.9 Å². The molecule has 152 valence electrons. The van der Waals surface area contributed by atoms with Gasteiger partial charge in [-0.15, -0.1) is 0 Å². The van der Waals surface area contributed by atoms with Gasteiger partial charge in [0.1, 0.15) is 0 Å².